The van der Waals surface area contributed by atoms with Gasteiger partial charge in [-0.3, -0.25) is 4.79 Å². The fraction of sp³-hybridized carbons (Fsp3) is 0.346. The quantitative estimate of drug-likeness (QED) is 0.492. The standard InChI is InChI=1S/C26H28N6O/c27-13-17-4-6-18(7-5-17)15-29-25-3-1-2-22(23(25)14-28)26(33)32(20-8-9-20)21-10-11-24-19(12-21)16-30-31-24/h1-7,14,20-21,28-31H,8-12,15-16H2. The Bertz CT molecular complexity index is 1140. The van der Waals surface area contributed by atoms with Gasteiger partial charge in [0.2, 0.25) is 0 Å². The molecule has 0 saturated heterocycles. The van der Waals surface area contributed by atoms with Crippen LogP contribution >= 0.6 is 0 Å². The molecule has 0 aromatic heterocycles. The summed E-state index contributed by atoms with van der Waals surface area (Å²) in [6.07, 6.45) is 6.24. The van der Waals surface area contributed by atoms with Crippen molar-refractivity contribution in [2.75, 3.05) is 11.9 Å². The highest BCUT2D eigenvalue weighted by atomic mass is 16.2. The van der Waals surface area contributed by atoms with Crippen LogP contribution in [0, 0.1) is 16.7 Å². The van der Waals surface area contributed by atoms with Gasteiger partial charge in [-0.25, -0.2) is 5.43 Å². The summed E-state index contributed by atoms with van der Waals surface area (Å²) >= 11 is 0. The van der Waals surface area contributed by atoms with Crippen LogP contribution in [0.3, 0.4) is 0 Å². The van der Waals surface area contributed by atoms with Crippen molar-refractivity contribution >= 4 is 17.8 Å². The monoisotopic (exact) mass is 440 g/mol. The van der Waals surface area contributed by atoms with Crippen LogP contribution in [0.25, 0.3) is 0 Å². The number of nitriles is 1. The predicted octanol–water partition coefficient (Wildman–Crippen LogP) is 3.69. The molecule has 2 aliphatic carbocycles. The number of hydrazine groups is 1. The molecule has 1 amide bonds. The molecule has 1 heterocycles. The summed E-state index contributed by atoms with van der Waals surface area (Å²) in [4.78, 5) is 15.9. The van der Waals surface area contributed by atoms with Crippen molar-refractivity contribution in [1.82, 2.24) is 15.8 Å². The number of nitrogens with zero attached hydrogens (tertiary/aromatic N) is 2. The molecule has 1 aliphatic heterocycles. The van der Waals surface area contributed by atoms with Crippen molar-refractivity contribution in [3.63, 3.8) is 0 Å². The van der Waals surface area contributed by atoms with Crippen LogP contribution in [0.2, 0.25) is 0 Å². The summed E-state index contributed by atoms with van der Waals surface area (Å²) in [5, 5.41) is 20.4. The van der Waals surface area contributed by atoms with Crippen molar-refractivity contribution in [1.29, 1.82) is 10.7 Å². The van der Waals surface area contributed by atoms with Gasteiger partial charge in [-0.15, -0.1) is 0 Å². The van der Waals surface area contributed by atoms with E-state index in [-0.39, 0.29) is 11.9 Å². The summed E-state index contributed by atoms with van der Waals surface area (Å²) in [5.41, 5.74) is 12.8. The lowest BCUT2D eigenvalue weighted by Crippen LogP contribution is -2.44. The highest BCUT2D eigenvalue weighted by Gasteiger charge is 2.40. The number of carbonyl (C=O) groups is 1. The number of rotatable bonds is 7. The number of hydrogen-bond acceptors (Lipinski definition) is 6. The SMILES string of the molecule is N#Cc1ccc(CNc2cccc(C(=O)N(C3CC3)C3CCC4=C(CNN4)C3)c2C=N)cc1. The van der Waals surface area contributed by atoms with Crippen molar-refractivity contribution in [3.8, 4) is 6.07 Å². The second-order valence-electron chi connectivity index (χ2n) is 8.97. The van der Waals surface area contributed by atoms with Crippen molar-refractivity contribution in [3.05, 3.63) is 76.0 Å². The Hall–Kier alpha value is -3.63. The zero-order chi connectivity index (χ0) is 22.8. The van der Waals surface area contributed by atoms with Crippen molar-refractivity contribution < 1.29 is 4.79 Å². The maximum atomic E-state index is 13.8. The lowest BCUT2D eigenvalue weighted by atomic mass is 9.90. The van der Waals surface area contributed by atoms with Gasteiger partial charge in [-0.1, -0.05) is 18.2 Å². The van der Waals surface area contributed by atoms with Gasteiger partial charge in [0.1, 0.15) is 0 Å². The van der Waals surface area contributed by atoms with Crippen LogP contribution < -0.4 is 16.2 Å². The first-order chi connectivity index (χ1) is 16.2. The number of nitrogens with one attached hydrogen (secondary N) is 4. The zero-order valence-electron chi connectivity index (χ0n) is 18.5. The smallest absolute Gasteiger partial charge is 0.255 e. The van der Waals surface area contributed by atoms with E-state index in [1.165, 1.54) is 17.5 Å². The summed E-state index contributed by atoms with van der Waals surface area (Å²) < 4.78 is 0. The fourth-order valence-corrected chi connectivity index (χ4v) is 4.90. The van der Waals surface area contributed by atoms with E-state index in [1.807, 2.05) is 30.3 Å². The third kappa shape index (κ3) is 4.35. The number of hydrogen-bond donors (Lipinski definition) is 4. The van der Waals surface area contributed by atoms with Crippen LogP contribution in [0.4, 0.5) is 5.69 Å². The molecular weight excluding hydrogens is 412 g/mol. The van der Waals surface area contributed by atoms with E-state index < -0.39 is 0 Å². The molecule has 1 atom stereocenters. The third-order valence-corrected chi connectivity index (χ3v) is 6.79. The molecule has 0 bridgehead atoms. The molecule has 1 fully saturated rings. The van der Waals surface area contributed by atoms with E-state index in [2.05, 4.69) is 27.1 Å². The van der Waals surface area contributed by atoms with Crippen molar-refractivity contribution in [2.45, 2.75) is 50.7 Å². The van der Waals surface area contributed by atoms with Gasteiger partial charge in [-0.2, -0.15) is 5.26 Å². The van der Waals surface area contributed by atoms with E-state index in [9.17, 15) is 4.79 Å². The van der Waals surface area contributed by atoms with Gasteiger partial charge >= 0.3 is 0 Å². The maximum absolute atomic E-state index is 13.8. The molecule has 3 aliphatic rings. The molecule has 7 heteroatoms. The molecule has 0 radical (unpaired) electrons. The average molecular weight is 441 g/mol. The van der Waals surface area contributed by atoms with Crippen LogP contribution in [0.15, 0.2) is 53.7 Å². The minimum Gasteiger partial charge on any atom is -0.380 e. The lowest BCUT2D eigenvalue weighted by Gasteiger charge is -2.35. The second kappa shape index (κ2) is 9.08. The highest BCUT2D eigenvalue weighted by Crippen LogP contribution is 2.37. The molecule has 2 aromatic rings. The minimum absolute atomic E-state index is 0.0333. The Kier molecular flexibility index (Phi) is 5.84. The molecule has 2 aromatic carbocycles. The lowest BCUT2D eigenvalue weighted by molar-refractivity contribution is 0.0643. The summed E-state index contributed by atoms with van der Waals surface area (Å²) in [5.74, 6) is 0.0333. The molecule has 33 heavy (non-hydrogen) atoms. The Morgan fingerprint density at radius 2 is 2.00 bits per heavy atom. The highest BCUT2D eigenvalue weighted by molar-refractivity contribution is 6.05. The molecule has 168 valence electrons. The van der Waals surface area contributed by atoms with Crippen LogP contribution in [-0.2, 0) is 6.54 Å². The van der Waals surface area contributed by atoms with Gasteiger partial charge in [0, 0.05) is 48.3 Å². The molecular formula is C26H28N6O. The number of amides is 1. The van der Waals surface area contributed by atoms with Gasteiger partial charge in [0.25, 0.3) is 5.91 Å². The third-order valence-electron chi connectivity index (χ3n) is 6.79. The van der Waals surface area contributed by atoms with Gasteiger partial charge < -0.3 is 21.1 Å². The minimum atomic E-state index is 0.0333. The molecule has 1 saturated carbocycles. The van der Waals surface area contributed by atoms with Gasteiger partial charge in [-0.05, 0) is 67.5 Å². The summed E-state index contributed by atoms with van der Waals surface area (Å²) in [6, 6.07) is 15.7. The first-order valence-corrected chi connectivity index (χ1v) is 11.6. The Labute approximate surface area is 194 Å². The number of allylic oxidation sites excluding steroid dienone is 1. The Morgan fingerprint density at radius 3 is 2.73 bits per heavy atom. The zero-order valence-corrected chi connectivity index (χ0v) is 18.5. The molecule has 7 nitrogen and oxygen atoms in total. The largest absolute Gasteiger partial charge is 0.380 e. The summed E-state index contributed by atoms with van der Waals surface area (Å²) in [6.45, 7) is 1.40. The number of benzene rings is 2. The number of carbonyl (C=O) groups excluding carboxylic acids is 1. The topological polar surface area (TPSA) is 104 Å². The molecule has 5 rings (SSSR count). The first-order valence-electron chi connectivity index (χ1n) is 11.6. The van der Waals surface area contributed by atoms with E-state index >= 15 is 0 Å². The van der Waals surface area contributed by atoms with Gasteiger partial charge in [0.15, 0.2) is 0 Å². The predicted molar refractivity (Wildman–Crippen MR) is 128 cm³/mol. The average Bonchev–Trinajstić information content (AvgIpc) is 3.58. The van der Waals surface area contributed by atoms with Crippen LogP contribution in [-0.4, -0.2) is 35.7 Å². The first kappa shape index (κ1) is 21.2. The molecule has 0 spiro atoms. The molecule has 4 N–H and O–H groups in total. The van der Waals surface area contributed by atoms with E-state index in [1.54, 1.807) is 12.1 Å². The van der Waals surface area contributed by atoms with Crippen molar-refractivity contribution in [2.24, 2.45) is 0 Å². The van der Waals surface area contributed by atoms with E-state index in [4.69, 9.17) is 10.7 Å². The van der Waals surface area contributed by atoms with Crippen LogP contribution in [0.1, 0.15) is 59.2 Å². The second-order valence-corrected chi connectivity index (χ2v) is 8.97. The van der Waals surface area contributed by atoms with E-state index in [0.717, 1.165) is 49.9 Å². The number of anilines is 1. The van der Waals surface area contributed by atoms with Gasteiger partial charge in [0.05, 0.1) is 17.2 Å². The maximum Gasteiger partial charge on any atom is 0.255 e. The Balaban J connectivity index is 1.36. The Morgan fingerprint density at radius 1 is 1.18 bits per heavy atom. The molecule has 1 unspecified atom stereocenters. The summed E-state index contributed by atoms with van der Waals surface area (Å²) in [7, 11) is 0. The van der Waals surface area contributed by atoms with Crippen LogP contribution in [0.5, 0.6) is 0 Å². The van der Waals surface area contributed by atoms with E-state index in [0.29, 0.717) is 29.3 Å². The normalized spacial score (nSPS) is 19.3. The fourth-order valence-electron chi connectivity index (χ4n) is 4.90.